The van der Waals surface area contributed by atoms with Crippen molar-refractivity contribution in [1.29, 1.82) is 0 Å². The maximum atomic E-state index is 11.4. The highest BCUT2D eigenvalue weighted by atomic mass is 16.2. The minimum atomic E-state index is -0.282. The number of carbonyl (C=O) groups excluding carboxylic acids is 2. The van der Waals surface area contributed by atoms with E-state index in [-0.39, 0.29) is 24.5 Å². The number of hydrogen-bond donors (Lipinski definition) is 3. The SMILES string of the molecule is O=C(NCNC(=O)C1CC1)NCc1ccccc1. The van der Waals surface area contributed by atoms with E-state index in [9.17, 15) is 9.59 Å². The van der Waals surface area contributed by atoms with Crippen LogP contribution in [0.3, 0.4) is 0 Å². The molecule has 0 unspecified atom stereocenters. The van der Waals surface area contributed by atoms with Crippen molar-refractivity contribution in [1.82, 2.24) is 16.0 Å². The van der Waals surface area contributed by atoms with Crippen LogP contribution in [0.1, 0.15) is 18.4 Å². The summed E-state index contributed by atoms with van der Waals surface area (Å²) in [6, 6.07) is 9.37. The molecule has 1 aliphatic rings. The molecular formula is C13H17N3O2. The fourth-order valence-corrected chi connectivity index (χ4v) is 1.54. The Kier molecular flexibility index (Phi) is 4.17. The van der Waals surface area contributed by atoms with Crippen LogP contribution in [0.4, 0.5) is 4.79 Å². The van der Waals surface area contributed by atoms with Crippen molar-refractivity contribution in [2.24, 2.45) is 5.92 Å². The molecule has 5 nitrogen and oxygen atoms in total. The van der Waals surface area contributed by atoms with Gasteiger partial charge in [0.05, 0.1) is 6.67 Å². The zero-order chi connectivity index (χ0) is 12.8. The molecular weight excluding hydrogens is 230 g/mol. The van der Waals surface area contributed by atoms with E-state index in [0.717, 1.165) is 18.4 Å². The molecule has 0 bridgehead atoms. The van der Waals surface area contributed by atoms with Crippen molar-refractivity contribution in [3.8, 4) is 0 Å². The van der Waals surface area contributed by atoms with Crippen LogP contribution < -0.4 is 16.0 Å². The van der Waals surface area contributed by atoms with E-state index in [2.05, 4.69) is 16.0 Å². The molecule has 18 heavy (non-hydrogen) atoms. The van der Waals surface area contributed by atoms with Crippen LogP contribution in [0.2, 0.25) is 0 Å². The van der Waals surface area contributed by atoms with Crippen LogP contribution in [0.15, 0.2) is 30.3 Å². The van der Waals surface area contributed by atoms with Gasteiger partial charge in [0.25, 0.3) is 0 Å². The number of benzene rings is 1. The van der Waals surface area contributed by atoms with E-state index in [1.807, 2.05) is 30.3 Å². The second-order valence-electron chi connectivity index (χ2n) is 4.34. The van der Waals surface area contributed by atoms with Gasteiger partial charge in [-0.2, -0.15) is 0 Å². The molecule has 0 aliphatic heterocycles. The van der Waals surface area contributed by atoms with Gasteiger partial charge >= 0.3 is 6.03 Å². The summed E-state index contributed by atoms with van der Waals surface area (Å²) in [6.45, 7) is 0.652. The normalized spacial score (nSPS) is 13.8. The molecule has 1 aromatic carbocycles. The second kappa shape index (κ2) is 6.05. The molecule has 5 heteroatoms. The van der Waals surface area contributed by atoms with Crippen molar-refractivity contribution >= 4 is 11.9 Å². The Morgan fingerprint density at radius 3 is 2.44 bits per heavy atom. The molecule has 0 radical (unpaired) electrons. The van der Waals surface area contributed by atoms with Gasteiger partial charge in [0.1, 0.15) is 0 Å². The van der Waals surface area contributed by atoms with Gasteiger partial charge in [-0.05, 0) is 18.4 Å². The van der Waals surface area contributed by atoms with Crippen molar-refractivity contribution < 1.29 is 9.59 Å². The van der Waals surface area contributed by atoms with Crippen LogP contribution >= 0.6 is 0 Å². The van der Waals surface area contributed by atoms with Gasteiger partial charge in [-0.1, -0.05) is 30.3 Å². The smallest absolute Gasteiger partial charge is 0.316 e. The Labute approximate surface area is 106 Å². The predicted molar refractivity (Wildman–Crippen MR) is 67.5 cm³/mol. The third-order valence-corrected chi connectivity index (χ3v) is 2.76. The Morgan fingerprint density at radius 1 is 1.06 bits per heavy atom. The summed E-state index contributed by atoms with van der Waals surface area (Å²) in [6.07, 6.45) is 1.93. The van der Waals surface area contributed by atoms with Crippen LogP contribution in [0, 0.1) is 5.92 Å². The summed E-state index contributed by atoms with van der Waals surface area (Å²) in [5.74, 6) is 0.192. The van der Waals surface area contributed by atoms with Crippen LogP contribution in [-0.4, -0.2) is 18.6 Å². The maximum absolute atomic E-state index is 11.4. The van der Waals surface area contributed by atoms with Crippen LogP contribution in [0.25, 0.3) is 0 Å². The summed E-state index contributed by atoms with van der Waals surface area (Å²) in [5.41, 5.74) is 1.04. The average molecular weight is 247 g/mol. The lowest BCUT2D eigenvalue weighted by Crippen LogP contribution is -2.42. The fourth-order valence-electron chi connectivity index (χ4n) is 1.54. The minimum absolute atomic E-state index is 0.0263. The Morgan fingerprint density at radius 2 is 1.78 bits per heavy atom. The highest BCUT2D eigenvalue weighted by molar-refractivity contribution is 5.81. The summed E-state index contributed by atoms with van der Waals surface area (Å²) < 4.78 is 0. The Hall–Kier alpha value is -2.04. The minimum Gasteiger partial charge on any atom is -0.338 e. The molecule has 96 valence electrons. The third kappa shape index (κ3) is 4.08. The predicted octanol–water partition coefficient (Wildman–Crippen LogP) is 0.969. The summed E-state index contributed by atoms with van der Waals surface area (Å²) in [4.78, 5) is 22.7. The molecule has 1 fully saturated rings. The number of rotatable bonds is 5. The van der Waals surface area contributed by atoms with Gasteiger partial charge in [-0.15, -0.1) is 0 Å². The quantitative estimate of drug-likeness (QED) is 0.678. The number of carbonyl (C=O) groups is 2. The molecule has 1 saturated carbocycles. The molecule has 1 aromatic rings. The largest absolute Gasteiger partial charge is 0.338 e. The first-order valence-corrected chi connectivity index (χ1v) is 6.09. The molecule has 0 atom stereocenters. The first-order chi connectivity index (χ1) is 8.75. The first-order valence-electron chi connectivity index (χ1n) is 6.09. The molecule has 0 aromatic heterocycles. The van der Waals surface area contributed by atoms with E-state index in [0.29, 0.717) is 6.54 Å². The number of nitrogens with one attached hydrogen (secondary N) is 3. The van der Waals surface area contributed by atoms with E-state index < -0.39 is 0 Å². The standard InChI is InChI=1S/C13H17N3O2/c17-12(11-6-7-11)15-9-16-13(18)14-8-10-4-2-1-3-5-10/h1-5,11H,6-9H2,(H,15,17)(H2,14,16,18). The highest BCUT2D eigenvalue weighted by Gasteiger charge is 2.29. The second-order valence-corrected chi connectivity index (χ2v) is 4.34. The van der Waals surface area contributed by atoms with Crippen molar-refractivity contribution in [2.75, 3.05) is 6.67 Å². The number of urea groups is 1. The summed E-state index contributed by atoms with van der Waals surface area (Å²) in [7, 11) is 0. The molecule has 2 rings (SSSR count). The van der Waals surface area contributed by atoms with Crippen LogP contribution in [-0.2, 0) is 11.3 Å². The van der Waals surface area contributed by atoms with E-state index in [1.54, 1.807) is 0 Å². The van der Waals surface area contributed by atoms with Gasteiger partial charge < -0.3 is 16.0 Å². The zero-order valence-electron chi connectivity index (χ0n) is 10.1. The van der Waals surface area contributed by atoms with Gasteiger partial charge in [-0.3, -0.25) is 4.79 Å². The van der Waals surface area contributed by atoms with Crippen LogP contribution in [0.5, 0.6) is 0 Å². The molecule has 0 heterocycles. The Bertz CT molecular complexity index is 416. The third-order valence-electron chi connectivity index (χ3n) is 2.76. The maximum Gasteiger partial charge on any atom is 0.316 e. The lowest BCUT2D eigenvalue weighted by atomic mass is 10.2. The van der Waals surface area contributed by atoms with Crippen molar-refractivity contribution in [3.05, 3.63) is 35.9 Å². The average Bonchev–Trinajstić information content (AvgIpc) is 3.22. The number of hydrogen-bond acceptors (Lipinski definition) is 2. The molecule has 0 spiro atoms. The van der Waals surface area contributed by atoms with E-state index in [1.165, 1.54) is 0 Å². The lowest BCUT2D eigenvalue weighted by molar-refractivity contribution is -0.122. The van der Waals surface area contributed by atoms with Gasteiger partial charge in [0, 0.05) is 12.5 Å². The topological polar surface area (TPSA) is 70.2 Å². The van der Waals surface area contributed by atoms with Gasteiger partial charge in [0.2, 0.25) is 5.91 Å². The van der Waals surface area contributed by atoms with E-state index in [4.69, 9.17) is 0 Å². The molecule has 3 N–H and O–H groups in total. The van der Waals surface area contributed by atoms with Crippen molar-refractivity contribution in [2.45, 2.75) is 19.4 Å². The lowest BCUT2D eigenvalue weighted by Gasteiger charge is -2.08. The molecule has 3 amide bonds. The number of amides is 3. The summed E-state index contributed by atoms with van der Waals surface area (Å²) in [5, 5.41) is 7.96. The summed E-state index contributed by atoms with van der Waals surface area (Å²) >= 11 is 0. The molecule has 1 aliphatic carbocycles. The first kappa shape index (κ1) is 12.4. The zero-order valence-corrected chi connectivity index (χ0v) is 10.1. The van der Waals surface area contributed by atoms with E-state index >= 15 is 0 Å². The monoisotopic (exact) mass is 247 g/mol. The van der Waals surface area contributed by atoms with Crippen molar-refractivity contribution in [3.63, 3.8) is 0 Å². The van der Waals surface area contributed by atoms with Gasteiger partial charge in [0.15, 0.2) is 0 Å². The highest BCUT2D eigenvalue weighted by Crippen LogP contribution is 2.28. The van der Waals surface area contributed by atoms with Gasteiger partial charge in [-0.25, -0.2) is 4.79 Å². The molecule has 0 saturated heterocycles. The Balaban J connectivity index is 1.59. The fraction of sp³-hybridized carbons (Fsp3) is 0.385.